The molecule has 1 heterocycles. The summed E-state index contributed by atoms with van der Waals surface area (Å²) >= 11 is 6.14. The zero-order valence-corrected chi connectivity index (χ0v) is 16.2. The highest BCUT2D eigenvalue weighted by atomic mass is 35.5. The molecule has 0 saturated carbocycles. The molecule has 0 radical (unpaired) electrons. The second kappa shape index (κ2) is 9.24. The van der Waals surface area contributed by atoms with Crippen molar-refractivity contribution in [1.29, 1.82) is 0 Å². The Morgan fingerprint density at radius 2 is 1.89 bits per heavy atom. The number of nitrogens with zero attached hydrogens (tertiary/aromatic N) is 2. The third-order valence-corrected chi connectivity index (χ3v) is 4.44. The van der Waals surface area contributed by atoms with Gasteiger partial charge in [-0.25, -0.2) is 0 Å². The molecule has 27 heavy (non-hydrogen) atoms. The van der Waals surface area contributed by atoms with Crippen molar-refractivity contribution in [3.05, 3.63) is 71.4 Å². The molecule has 3 aromatic rings. The number of rotatable bonds is 6. The van der Waals surface area contributed by atoms with Crippen LogP contribution in [-0.2, 0) is 6.54 Å². The number of aliphatic imine (C=N–C) groups is 1. The summed E-state index contributed by atoms with van der Waals surface area (Å²) in [5, 5.41) is 8.37. The van der Waals surface area contributed by atoms with Gasteiger partial charge in [0.15, 0.2) is 5.96 Å². The summed E-state index contributed by atoms with van der Waals surface area (Å²) in [6.45, 7) is 3.24. The quantitative estimate of drug-likeness (QED) is 0.499. The van der Waals surface area contributed by atoms with Crippen molar-refractivity contribution in [1.82, 2.24) is 15.6 Å². The molecule has 0 aliphatic carbocycles. The molecule has 2 aromatic carbocycles. The number of hydrogen-bond acceptors (Lipinski definition) is 3. The van der Waals surface area contributed by atoms with Crippen molar-refractivity contribution >= 4 is 28.5 Å². The zero-order valence-electron chi connectivity index (χ0n) is 15.4. The first-order valence-corrected chi connectivity index (χ1v) is 9.23. The molecule has 2 N–H and O–H groups in total. The molecule has 0 fully saturated rings. The van der Waals surface area contributed by atoms with Crippen LogP contribution in [0.4, 0.5) is 0 Å². The van der Waals surface area contributed by atoms with Gasteiger partial charge in [0, 0.05) is 25.2 Å². The Balaban J connectivity index is 1.54. The topological polar surface area (TPSA) is 58.5 Å². The van der Waals surface area contributed by atoms with Crippen LogP contribution in [0.2, 0.25) is 5.02 Å². The lowest BCUT2D eigenvalue weighted by Gasteiger charge is -2.18. The van der Waals surface area contributed by atoms with Gasteiger partial charge >= 0.3 is 0 Å². The van der Waals surface area contributed by atoms with E-state index in [4.69, 9.17) is 16.3 Å². The van der Waals surface area contributed by atoms with Gasteiger partial charge in [-0.05, 0) is 36.8 Å². The average molecular weight is 383 g/mol. The van der Waals surface area contributed by atoms with Gasteiger partial charge in [-0.15, -0.1) is 0 Å². The van der Waals surface area contributed by atoms with Crippen molar-refractivity contribution in [3.8, 4) is 5.75 Å². The van der Waals surface area contributed by atoms with Crippen LogP contribution < -0.4 is 15.4 Å². The molecule has 1 unspecified atom stereocenters. The minimum atomic E-state index is -0.0646. The van der Waals surface area contributed by atoms with Gasteiger partial charge in [-0.1, -0.05) is 41.9 Å². The Morgan fingerprint density at radius 1 is 1.11 bits per heavy atom. The fourth-order valence-corrected chi connectivity index (χ4v) is 2.93. The molecule has 0 spiro atoms. The summed E-state index contributed by atoms with van der Waals surface area (Å²) in [6, 6.07) is 17.6. The van der Waals surface area contributed by atoms with Gasteiger partial charge in [-0.2, -0.15) is 0 Å². The maximum atomic E-state index is 6.14. The van der Waals surface area contributed by atoms with E-state index in [0.29, 0.717) is 29.8 Å². The predicted octanol–water partition coefficient (Wildman–Crippen LogP) is 4.02. The van der Waals surface area contributed by atoms with Gasteiger partial charge in [-0.3, -0.25) is 9.98 Å². The molecule has 0 amide bonds. The molecule has 5 nitrogen and oxygen atoms in total. The number of guanidine groups is 1. The fourth-order valence-electron chi connectivity index (χ4n) is 2.75. The normalized spacial score (nSPS) is 12.6. The first-order chi connectivity index (χ1) is 13.2. The van der Waals surface area contributed by atoms with E-state index >= 15 is 0 Å². The molecular weight excluding hydrogens is 360 g/mol. The molecular formula is C21H23ClN4O. The molecule has 0 aliphatic heterocycles. The third kappa shape index (κ3) is 5.11. The van der Waals surface area contributed by atoms with E-state index in [1.54, 1.807) is 7.05 Å². The fraction of sp³-hybridized carbons (Fsp3) is 0.238. The van der Waals surface area contributed by atoms with Gasteiger partial charge in [0.05, 0.1) is 17.1 Å². The number of benzene rings is 2. The van der Waals surface area contributed by atoms with E-state index < -0.39 is 0 Å². The number of fused-ring (bicyclic) bond motifs is 1. The van der Waals surface area contributed by atoms with Crippen LogP contribution in [0.3, 0.4) is 0 Å². The van der Waals surface area contributed by atoms with Crippen molar-refractivity contribution < 1.29 is 4.74 Å². The van der Waals surface area contributed by atoms with Gasteiger partial charge in [0.2, 0.25) is 0 Å². The van der Waals surface area contributed by atoms with Crippen LogP contribution in [0.25, 0.3) is 10.9 Å². The predicted molar refractivity (Wildman–Crippen MR) is 111 cm³/mol. The van der Waals surface area contributed by atoms with Crippen molar-refractivity contribution in [2.24, 2.45) is 4.99 Å². The lowest BCUT2D eigenvalue weighted by atomic mass is 10.1. The molecule has 3 rings (SSSR count). The smallest absolute Gasteiger partial charge is 0.191 e. The number of nitrogens with one attached hydrogen (secondary N) is 2. The first kappa shape index (κ1) is 19.0. The Bertz CT molecular complexity index is 923. The van der Waals surface area contributed by atoms with E-state index in [2.05, 4.69) is 26.7 Å². The Labute approximate surface area is 164 Å². The van der Waals surface area contributed by atoms with Crippen LogP contribution in [0.5, 0.6) is 5.75 Å². The molecule has 0 saturated heterocycles. The van der Waals surface area contributed by atoms with Gasteiger partial charge in [0.1, 0.15) is 11.9 Å². The second-order valence-corrected chi connectivity index (χ2v) is 6.56. The maximum absolute atomic E-state index is 6.14. The molecule has 0 bridgehead atoms. The van der Waals surface area contributed by atoms with Crippen molar-refractivity contribution in [2.75, 3.05) is 13.6 Å². The average Bonchev–Trinajstić information content (AvgIpc) is 2.70. The van der Waals surface area contributed by atoms with Crippen LogP contribution in [0.15, 0.2) is 65.8 Å². The summed E-state index contributed by atoms with van der Waals surface area (Å²) in [6.07, 6.45) is 1.76. The summed E-state index contributed by atoms with van der Waals surface area (Å²) in [7, 11) is 1.75. The number of aromatic nitrogens is 1. The Morgan fingerprint density at radius 3 is 2.70 bits per heavy atom. The third-order valence-electron chi connectivity index (χ3n) is 4.13. The van der Waals surface area contributed by atoms with Gasteiger partial charge < -0.3 is 15.4 Å². The highest BCUT2D eigenvalue weighted by molar-refractivity contribution is 6.32. The summed E-state index contributed by atoms with van der Waals surface area (Å²) in [5.74, 6) is 1.39. The number of ether oxygens (including phenoxy) is 1. The molecule has 0 aliphatic rings. The van der Waals surface area contributed by atoms with Crippen LogP contribution in [0.1, 0.15) is 12.5 Å². The van der Waals surface area contributed by atoms with E-state index in [9.17, 15) is 0 Å². The number of pyridine rings is 1. The minimum absolute atomic E-state index is 0.0646. The standard InChI is InChI=1S/C21H23ClN4O/c1-15(27-20-10-6-4-8-18(20)22)13-25-21(23-2)26-14-16-11-12-24-19-9-5-3-7-17(16)19/h3-12,15H,13-14H2,1-2H3,(H2,23,25,26). The van der Waals surface area contributed by atoms with Crippen LogP contribution in [0, 0.1) is 0 Å². The highest BCUT2D eigenvalue weighted by Gasteiger charge is 2.08. The molecule has 1 atom stereocenters. The lowest BCUT2D eigenvalue weighted by molar-refractivity contribution is 0.224. The number of hydrogen-bond donors (Lipinski definition) is 2. The Kier molecular flexibility index (Phi) is 6.49. The largest absolute Gasteiger partial charge is 0.487 e. The number of para-hydroxylation sites is 2. The van der Waals surface area contributed by atoms with Crippen molar-refractivity contribution in [2.45, 2.75) is 19.6 Å². The van der Waals surface area contributed by atoms with E-state index in [0.717, 1.165) is 10.9 Å². The van der Waals surface area contributed by atoms with Crippen molar-refractivity contribution in [3.63, 3.8) is 0 Å². The Hall–Kier alpha value is -2.79. The van der Waals surface area contributed by atoms with Crippen LogP contribution in [-0.4, -0.2) is 30.6 Å². The molecule has 1 aromatic heterocycles. The summed E-state index contributed by atoms with van der Waals surface area (Å²) in [4.78, 5) is 8.67. The lowest BCUT2D eigenvalue weighted by Crippen LogP contribution is -2.41. The van der Waals surface area contributed by atoms with E-state index in [1.807, 2.05) is 61.7 Å². The SMILES string of the molecule is CN=C(NCc1ccnc2ccccc12)NCC(C)Oc1ccccc1Cl. The maximum Gasteiger partial charge on any atom is 0.191 e. The first-order valence-electron chi connectivity index (χ1n) is 8.85. The number of halogens is 1. The zero-order chi connectivity index (χ0) is 19.1. The van der Waals surface area contributed by atoms with E-state index in [1.165, 1.54) is 5.56 Å². The van der Waals surface area contributed by atoms with Gasteiger partial charge in [0.25, 0.3) is 0 Å². The highest BCUT2D eigenvalue weighted by Crippen LogP contribution is 2.24. The molecule has 6 heteroatoms. The molecule has 140 valence electrons. The van der Waals surface area contributed by atoms with E-state index in [-0.39, 0.29) is 6.10 Å². The summed E-state index contributed by atoms with van der Waals surface area (Å²) < 4.78 is 5.87. The second-order valence-electron chi connectivity index (χ2n) is 6.15. The summed E-state index contributed by atoms with van der Waals surface area (Å²) in [5.41, 5.74) is 2.16. The monoisotopic (exact) mass is 382 g/mol. The minimum Gasteiger partial charge on any atom is -0.487 e. The van der Waals surface area contributed by atoms with Crippen LogP contribution >= 0.6 is 11.6 Å².